The first-order valence-electron chi connectivity index (χ1n) is 4.96. The van der Waals surface area contributed by atoms with Gasteiger partial charge in [0.2, 0.25) is 5.91 Å². The Labute approximate surface area is 104 Å². The molecule has 1 atom stereocenters. The number of rotatable bonds is 4. The van der Waals surface area contributed by atoms with Gasteiger partial charge in [-0.2, -0.15) is 0 Å². The smallest absolute Gasteiger partial charge is 0.325 e. The Bertz CT molecular complexity index is 440. The van der Waals surface area contributed by atoms with Crippen LogP contribution in [0.15, 0.2) is 30.3 Å². The van der Waals surface area contributed by atoms with Crippen molar-refractivity contribution in [1.82, 2.24) is 5.32 Å². The van der Waals surface area contributed by atoms with Crippen LogP contribution in [0.3, 0.4) is 0 Å². The van der Waals surface area contributed by atoms with Gasteiger partial charge in [-0.1, -0.05) is 23.7 Å². The highest BCUT2D eigenvalue weighted by Crippen LogP contribution is 2.10. The largest absolute Gasteiger partial charge is 0.480 e. The highest BCUT2D eigenvalue weighted by atomic mass is 35.5. The van der Waals surface area contributed by atoms with Crippen LogP contribution in [0.1, 0.15) is 12.5 Å². The maximum Gasteiger partial charge on any atom is 0.325 e. The molecule has 0 unspecified atom stereocenters. The number of carboxylic acid groups (broad SMARTS) is 1. The molecule has 0 saturated heterocycles. The van der Waals surface area contributed by atoms with E-state index in [0.717, 1.165) is 5.56 Å². The zero-order valence-electron chi connectivity index (χ0n) is 9.18. The first kappa shape index (κ1) is 13.3. The Kier molecular flexibility index (Phi) is 4.72. The van der Waals surface area contributed by atoms with E-state index < -0.39 is 17.9 Å². The minimum absolute atomic E-state index is 0.449. The van der Waals surface area contributed by atoms with Gasteiger partial charge in [0.05, 0.1) is 0 Å². The number of carbonyl (C=O) groups excluding carboxylic acids is 1. The normalized spacial score (nSPS) is 12.4. The van der Waals surface area contributed by atoms with E-state index in [1.807, 2.05) is 0 Å². The van der Waals surface area contributed by atoms with E-state index in [2.05, 4.69) is 5.32 Å². The lowest BCUT2D eigenvalue weighted by Gasteiger charge is -2.05. The summed E-state index contributed by atoms with van der Waals surface area (Å²) in [7, 11) is 0. The third-order valence-corrected chi connectivity index (χ3v) is 2.28. The minimum Gasteiger partial charge on any atom is -0.480 e. The summed E-state index contributed by atoms with van der Waals surface area (Å²) < 4.78 is 0. The SMILES string of the molecule is C[C@H](NC(=O)/C=C\c1ccc(Cl)cc1)C(=O)O. The van der Waals surface area contributed by atoms with E-state index in [9.17, 15) is 9.59 Å². The molecular weight excluding hydrogens is 242 g/mol. The summed E-state index contributed by atoms with van der Waals surface area (Å²) in [6.45, 7) is 1.40. The molecule has 1 rings (SSSR count). The highest BCUT2D eigenvalue weighted by molar-refractivity contribution is 6.30. The predicted octanol–water partition coefficient (Wildman–Crippen LogP) is 1.94. The zero-order chi connectivity index (χ0) is 12.8. The topological polar surface area (TPSA) is 66.4 Å². The number of aliphatic carboxylic acids is 1. The van der Waals surface area contributed by atoms with Gasteiger partial charge < -0.3 is 10.4 Å². The lowest BCUT2D eigenvalue weighted by atomic mass is 10.2. The maximum absolute atomic E-state index is 11.3. The Morgan fingerprint density at radius 1 is 1.35 bits per heavy atom. The number of halogens is 1. The summed E-state index contributed by atoms with van der Waals surface area (Å²) >= 11 is 5.71. The first-order chi connectivity index (χ1) is 7.99. The van der Waals surface area contributed by atoms with Crippen molar-refractivity contribution in [3.63, 3.8) is 0 Å². The van der Waals surface area contributed by atoms with Gasteiger partial charge in [0.15, 0.2) is 0 Å². The number of hydrogen-bond donors (Lipinski definition) is 2. The number of carboxylic acids is 1. The van der Waals surface area contributed by atoms with Crippen molar-refractivity contribution in [2.45, 2.75) is 13.0 Å². The van der Waals surface area contributed by atoms with Crippen molar-refractivity contribution in [2.24, 2.45) is 0 Å². The monoisotopic (exact) mass is 253 g/mol. The van der Waals surface area contributed by atoms with Gasteiger partial charge in [-0.3, -0.25) is 9.59 Å². The van der Waals surface area contributed by atoms with Gasteiger partial charge in [0.25, 0.3) is 0 Å². The van der Waals surface area contributed by atoms with E-state index in [1.54, 1.807) is 30.3 Å². The summed E-state index contributed by atoms with van der Waals surface area (Å²) in [5.74, 6) is -1.52. The molecule has 0 radical (unpaired) electrons. The van der Waals surface area contributed by atoms with E-state index in [1.165, 1.54) is 13.0 Å². The lowest BCUT2D eigenvalue weighted by molar-refractivity contribution is -0.140. The molecule has 1 aromatic carbocycles. The third kappa shape index (κ3) is 4.70. The Balaban J connectivity index is 2.56. The Morgan fingerprint density at radius 2 is 1.94 bits per heavy atom. The number of carbonyl (C=O) groups is 2. The molecule has 5 heteroatoms. The quantitative estimate of drug-likeness (QED) is 0.806. The van der Waals surface area contributed by atoms with Gasteiger partial charge in [0.1, 0.15) is 6.04 Å². The fourth-order valence-corrected chi connectivity index (χ4v) is 1.20. The van der Waals surface area contributed by atoms with E-state index in [0.29, 0.717) is 5.02 Å². The van der Waals surface area contributed by atoms with Gasteiger partial charge in [-0.05, 0) is 30.7 Å². The van der Waals surface area contributed by atoms with E-state index in [4.69, 9.17) is 16.7 Å². The fraction of sp³-hybridized carbons (Fsp3) is 0.167. The molecular formula is C12H12ClNO3. The van der Waals surface area contributed by atoms with Crippen LogP contribution in [0, 0.1) is 0 Å². The van der Waals surface area contributed by atoms with E-state index in [-0.39, 0.29) is 0 Å². The molecule has 1 amide bonds. The molecule has 0 heterocycles. The van der Waals surface area contributed by atoms with Crippen molar-refractivity contribution in [2.75, 3.05) is 0 Å². The van der Waals surface area contributed by atoms with Crippen LogP contribution < -0.4 is 5.32 Å². The van der Waals surface area contributed by atoms with Crippen molar-refractivity contribution in [3.8, 4) is 0 Å². The molecule has 90 valence electrons. The molecule has 0 spiro atoms. The van der Waals surface area contributed by atoms with Gasteiger partial charge in [-0.25, -0.2) is 0 Å². The van der Waals surface area contributed by atoms with Crippen LogP contribution in [-0.4, -0.2) is 23.0 Å². The van der Waals surface area contributed by atoms with Crippen LogP contribution in [0.2, 0.25) is 5.02 Å². The second-order valence-electron chi connectivity index (χ2n) is 3.45. The molecule has 0 fully saturated rings. The number of hydrogen-bond acceptors (Lipinski definition) is 2. The fourth-order valence-electron chi connectivity index (χ4n) is 1.07. The summed E-state index contributed by atoms with van der Waals surface area (Å²) in [5, 5.41) is 11.5. The van der Waals surface area contributed by atoms with Crippen LogP contribution >= 0.6 is 11.6 Å². The Hall–Kier alpha value is -1.81. The van der Waals surface area contributed by atoms with Crippen LogP contribution in [0.5, 0.6) is 0 Å². The van der Waals surface area contributed by atoms with Gasteiger partial charge >= 0.3 is 5.97 Å². The maximum atomic E-state index is 11.3. The molecule has 0 aliphatic heterocycles. The first-order valence-corrected chi connectivity index (χ1v) is 5.34. The van der Waals surface area contributed by atoms with Crippen LogP contribution in [-0.2, 0) is 9.59 Å². The summed E-state index contributed by atoms with van der Waals surface area (Å²) in [6, 6.07) is 6.02. The van der Waals surface area contributed by atoms with E-state index >= 15 is 0 Å². The molecule has 17 heavy (non-hydrogen) atoms. The van der Waals surface area contributed by atoms with Crippen molar-refractivity contribution < 1.29 is 14.7 Å². The number of benzene rings is 1. The molecule has 0 aromatic heterocycles. The molecule has 0 aliphatic rings. The van der Waals surface area contributed by atoms with Crippen molar-refractivity contribution >= 4 is 29.6 Å². The highest BCUT2D eigenvalue weighted by Gasteiger charge is 2.11. The molecule has 0 saturated carbocycles. The van der Waals surface area contributed by atoms with Crippen LogP contribution in [0.4, 0.5) is 0 Å². The summed E-state index contributed by atoms with van der Waals surface area (Å²) in [5.41, 5.74) is 0.813. The molecule has 2 N–H and O–H groups in total. The summed E-state index contributed by atoms with van der Waals surface area (Å²) in [6.07, 6.45) is 2.86. The second kappa shape index (κ2) is 6.06. The average molecular weight is 254 g/mol. The zero-order valence-corrected chi connectivity index (χ0v) is 9.94. The molecule has 0 aliphatic carbocycles. The van der Waals surface area contributed by atoms with Crippen molar-refractivity contribution in [3.05, 3.63) is 40.9 Å². The second-order valence-corrected chi connectivity index (χ2v) is 3.89. The van der Waals surface area contributed by atoms with Crippen LogP contribution in [0.25, 0.3) is 6.08 Å². The predicted molar refractivity (Wildman–Crippen MR) is 65.7 cm³/mol. The number of nitrogens with one attached hydrogen (secondary N) is 1. The number of amides is 1. The lowest BCUT2D eigenvalue weighted by Crippen LogP contribution is -2.37. The molecule has 0 bridgehead atoms. The molecule has 4 nitrogen and oxygen atoms in total. The Morgan fingerprint density at radius 3 is 2.47 bits per heavy atom. The molecule has 1 aromatic rings. The minimum atomic E-state index is -1.07. The average Bonchev–Trinajstić information content (AvgIpc) is 2.28. The summed E-state index contributed by atoms with van der Waals surface area (Å²) in [4.78, 5) is 21.8. The third-order valence-electron chi connectivity index (χ3n) is 2.03. The van der Waals surface area contributed by atoms with Gasteiger partial charge in [-0.15, -0.1) is 0 Å². The van der Waals surface area contributed by atoms with Gasteiger partial charge in [0, 0.05) is 11.1 Å². The standard InChI is InChI=1S/C12H12ClNO3/c1-8(12(16)17)14-11(15)7-4-9-2-5-10(13)6-3-9/h2-8H,1H3,(H,14,15)(H,16,17)/b7-4-/t8-/m0/s1. The van der Waals surface area contributed by atoms with Crippen molar-refractivity contribution in [1.29, 1.82) is 0 Å².